The summed E-state index contributed by atoms with van der Waals surface area (Å²) in [6.07, 6.45) is 0.935. The van der Waals surface area contributed by atoms with E-state index in [0.29, 0.717) is 5.11 Å². The first kappa shape index (κ1) is 11.2. The minimum atomic E-state index is -0.0928. The van der Waals surface area contributed by atoms with Crippen molar-refractivity contribution in [3.05, 3.63) is 23.8 Å². The standard InChI is InChI=1S/C12H16N2OS/c1-12(2)7-8-6-9(14-11(16)13-3)4-5-10(8)15-12/h4-6H,7H2,1-3H3,(H2,13,14,16). The van der Waals surface area contributed by atoms with Gasteiger partial charge in [-0.25, -0.2) is 0 Å². The van der Waals surface area contributed by atoms with Crippen molar-refractivity contribution in [1.29, 1.82) is 0 Å². The summed E-state index contributed by atoms with van der Waals surface area (Å²) in [6.45, 7) is 4.19. The van der Waals surface area contributed by atoms with Gasteiger partial charge in [0, 0.05) is 24.7 Å². The minimum Gasteiger partial charge on any atom is -0.487 e. The average molecular weight is 236 g/mol. The van der Waals surface area contributed by atoms with E-state index in [1.807, 2.05) is 12.1 Å². The van der Waals surface area contributed by atoms with Gasteiger partial charge in [-0.05, 0) is 44.3 Å². The van der Waals surface area contributed by atoms with Gasteiger partial charge in [0.1, 0.15) is 11.4 Å². The van der Waals surface area contributed by atoms with E-state index < -0.39 is 0 Å². The Labute approximate surface area is 101 Å². The van der Waals surface area contributed by atoms with Crippen LogP contribution in [-0.2, 0) is 6.42 Å². The lowest BCUT2D eigenvalue weighted by Crippen LogP contribution is -2.24. The lowest BCUT2D eigenvalue weighted by molar-refractivity contribution is 0.138. The fourth-order valence-corrected chi connectivity index (χ4v) is 2.00. The van der Waals surface area contributed by atoms with Gasteiger partial charge < -0.3 is 15.4 Å². The lowest BCUT2D eigenvalue weighted by Gasteiger charge is -2.16. The maximum atomic E-state index is 5.80. The number of nitrogens with one attached hydrogen (secondary N) is 2. The molecule has 1 aliphatic rings. The van der Waals surface area contributed by atoms with E-state index >= 15 is 0 Å². The topological polar surface area (TPSA) is 33.3 Å². The molecule has 86 valence electrons. The molecule has 0 fully saturated rings. The molecule has 0 radical (unpaired) electrons. The van der Waals surface area contributed by atoms with Crippen molar-refractivity contribution in [3.8, 4) is 5.75 Å². The molecule has 4 heteroatoms. The Morgan fingerprint density at radius 3 is 2.88 bits per heavy atom. The molecule has 2 rings (SSSR count). The van der Waals surface area contributed by atoms with Gasteiger partial charge in [0.25, 0.3) is 0 Å². The van der Waals surface area contributed by atoms with Crippen molar-refractivity contribution < 1.29 is 4.74 Å². The predicted molar refractivity (Wildman–Crippen MR) is 70.1 cm³/mol. The van der Waals surface area contributed by atoms with E-state index in [2.05, 4.69) is 30.5 Å². The maximum absolute atomic E-state index is 5.80. The van der Waals surface area contributed by atoms with Crippen molar-refractivity contribution >= 4 is 23.0 Å². The summed E-state index contributed by atoms with van der Waals surface area (Å²) < 4.78 is 5.80. The molecule has 0 atom stereocenters. The SMILES string of the molecule is CNC(=S)Nc1ccc2c(c1)CC(C)(C)O2. The van der Waals surface area contributed by atoms with Crippen LogP contribution in [0.3, 0.4) is 0 Å². The molecule has 16 heavy (non-hydrogen) atoms. The summed E-state index contributed by atoms with van der Waals surface area (Å²) in [5.41, 5.74) is 2.14. The second kappa shape index (κ2) is 3.94. The van der Waals surface area contributed by atoms with Crippen LogP contribution in [0.25, 0.3) is 0 Å². The van der Waals surface area contributed by atoms with Crippen LogP contribution in [0, 0.1) is 0 Å². The molecular formula is C12H16N2OS. The first-order chi connectivity index (χ1) is 7.50. The zero-order valence-corrected chi connectivity index (χ0v) is 10.6. The molecule has 0 saturated carbocycles. The van der Waals surface area contributed by atoms with Crippen molar-refractivity contribution in [2.75, 3.05) is 12.4 Å². The third-order valence-electron chi connectivity index (χ3n) is 2.55. The molecule has 0 saturated heterocycles. The van der Waals surface area contributed by atoms with Gasteiger partial charge in [-0.3, -0.25) is 0 Å². The second-order valence-electron chi connectivity index (χ2n) is 4.57. The number of hydrogen-bond donors (Lipinski definition) is 2. The van der Waals surface area contributed by atoms with Gasteiger partial charge in [0.2, 0.25) is 0 Å². The molecule has 1 aliphatic heterocycles. The highest BCUT2D eigenvalue weighted by Crippen LogP contribution is 2.36. The fraction of sp³-hybridized carbons (Fsp3) is 0.417. The van der Waals surface area contributed by atoms with Crippen molar-refractivity contribution in [2.24, 2.45) is 0 Å². The summed E-state index contributed by atoms with van der Waals surface area (Å²) in [6, 6.07) is 6.06. The van der Waals surface area contributed by atoms with Crippen LogP contribution in [-0.4, -0.2) is 17.8 Å². The highest BCUT2D eigenvalue weighted by molar-refractivity contribution is 7.80. The van der Waals surface area contributed by atoms with E-state index in [1.165, 1.54) is 5.56 Å². The van der Waals surface area contributed by atoms with E-state index in [4.69, 9.17) is 17.0 Å². The Kier molecular flexibility index (Phi) is 2.76. The van der Waals surface area contributed by atoms with Gasteiger partial charge >= 0.3 is 0 Å². The fourth-order valence-electron chi connectivity index (χ4n) is 1.88. The van der Waals surface area contributed by atoms with Gasteiger partial charge in [-0.1, -0.05) is 0 Å². The summed E-state index contributed by atoms with van der Waals surface area (Å²) in [5, 5.41) is 6.62. The zero-order chi connectivity index (χ0) is 11.8. The van der Waals surface area contributed by atoms with Crippen molar-refractivity contribution in [3.63, 3.8) is 0 Å². The molecule has 0 aromatic heterocycles. The molecule has 0 amide bonds. The summed E-state index contributed by atoms with van der Waals surface area (Å²) in [5.74, 6) is 0.978. The van der Waals surface area contributed by atoms with Crippen LogP contribution in [0.15, 0.2) is 18.2 Å². The number of fused-ring (bicyclic) bond motifs is 1. The molecular weight excluding hydrogens is 220 g/mol. The Morgan fingerprint density at radius 1 is 1.44 bits per heavy atom. The van der Waals surface area contributed by atoms with Crippen LogP contribution in [0.4, 0.5) is 5.69 Å². The summed E-state index contributed by atoms with van der Waals surface area (Å²) in [4.78, 5) is 0. The second-order valence-corrected chi connectivity index (χ2v) is 4.97. The van der Waals surface area contributed by atoms with Crippen LogP contribution in [0.2, 0.25) is 0 Å². The van der Waals surface area contributed by atoms with Gasteiger partial charge in [-0.15, -0.1) is 0 Å². The smallest absolute Gasteiger partial charge is 0.170 e. The van der Waals surface area contributed by atoms with E-state index in [1.54, 1.807) is 7.05 Å². The van der Waals surface area contributed by atoms with Crippen LogP contribution in [0.5, 0.6) is 5.75 Å². The number of thiocarbonyl (C=S) groups is 1. The Hall–Kier alpha value is -1.29. The molecule has 3 nitrogen and oxygen atoms in total. The number of ether oxygens (including phenoxy) is 1. The molecule has 0 aliphatic carbocycles. The summed E-state index contributed by atoms with van der Waals surface area (Å²) >= 11 is 5.06. The monoisotopic (exact) mass is 236 g/mol. The highest BCUT2D eigenvalue weighted by atomic mass is 32.1. The third-order valence-corrected chi connectivity index (χ3v) is 2.85. The van der Waals surface area contributed by atoms with Crippen molar-refractivity contribution in [2.45, 2.75) is 25.9 Å². The highest BCUT2D eigenvalue weighted by Gasteiger charge is 2.29. The third kappa shape index (κ3) is 2.27. The largest absolute Gasteiger partial charge is 0.487 e. The molecule has 0 spiro atoms. The molecule has 0 bridgehead atoms. The van der Waals surface area contributed by atoms with E-state index in [0.717, 1.165) is 17.9 Å². The first-order valence-corrected chi connectivity index (χ1v) is 5.72. The average Bonchev–Trinajstić information content (AvgIpc) is 2.51. The molecule has 1 heterocycles. The molecule has 1 aromatic rings. The Balaban J connectivity index is 2.19. The van der Waals surface area contributed by atoms with Crippen LogP contribution >= 0.6 is 12.2 Å². The maximum Gasteiger partial charge on any atom is 0.170 e. The Morgan fingerprint density at radius 2 is 2.19 bits per heavy atom. The van der Waals surface area contributed by atoms with Crippen LogP contribution in [0.1, 0.15) is 19.4 Å². The predicted octanol–water partition coefficient (Wildman–Crippen LogP) is 2.32. The van der Waals surface area contributed by atoms with Crippen molar-refractivity contribution in [1.82, 2.24) is 5.32 Å². The first-order valence-electron chi connectivity index (χ1n) is 5.31. The summed E-state index contributed by atoms with van der Waals surface area (Å²) in [7, 11) is 1.80. The van der Waals surface area contributed by atoms with E-state index in [-0.39, 0.29) is 5.60 Å². The zero-order valence-electron chi connectivity index (χ0n) is 9.76. The number of anilines is 1. The number of hydrogen-bond acceptors (Lipinski definition) is 2. The van der Waals surface area contributed by atoms with Gasteiger partial charge in [-0.2, -0.15) is 0 Å². The number of rotatable bonds is 1. The molecule has 2 N–H and O–H groups in total. The van der Waals surface area contributed by atoms with Gasteiger partial charge in [0.15, 0.2) is 5.11 Å². The molecule has 1 aromatic carbocycles. The number of benzene rings is 1. The minimum absolute atomic E-state index is 0.0928. The Bertz CT molecular complexity index is 429. The molecule has 0 unspecified atom stereocenters. The van der Waals surface area contributed by atoms with Crippen LogP contribution < -0.4 is 15.4 Å². The van der Waals surface area contributed by atoms with Gasteiger partial charge in [0.05, 0.1) is 0 Å². The normalized spacial score (nSPS) is 16.2. The lowest BCUT2D eigenvalue weighted by atomic mass is 10.0. The van der Waals surface area contributed by atoms with E-state index in [9.17, 15) is 0 Å². The quantitative estimate of drug-likeness (QED) is 0.733.